The summed E-state index contributed by atoms with van der Waals surface area (Å²) in [6.45, 7) is 9.94. The number of nitrogens with zero attached hydrogens (tertiary/aromatic N) is 1. The highest BCUT2D eigenvalue weighted by atomic mass is 14.9. The summed E-state index contributed by atoms with van der Waals surface area (Å²) in [5.41, 5.74) is 1.17. The van der Waals surface area contributed by atoms with Crippen molar-refractivity contribution in [3.63, 3.8) is 0 Å². The Balaban J connectivity index is 3.68. The first-order valence-electron chi connectivity index (χ1n) is 5.15. The minimum atomic E-state index is 0.482. The number of aliphatic imine (C=N–C) groups is 1. The van der Waals surface area contributed by atoms with Crippen LogP contribution in [0.15, 0.2) is 29.3 Å². The van der Waals surface area contributed by atoms with Crippen LogP contribution in [0.4, 0.5) is 0 Å². The van der Waals surface area contributed by atoms with E-state index in [1.807, 2.05) is 26.3 Å². The van der Waals surface area contributed by atoms with Gasteiger partial charge in [-0.1, -0.05) is 31.2 Å². The Morgan fingerprint density at radius 3 is 2.86 bits per heavy atom. The lowest BCUT2D eigenvalue weighted by molar-refractivity contribution is 0.766. The summed E-state index contributed by atoms with van der Waals surface area (Å²) in [7, 11) is 1.94. The van der Waals surface area contributed by atoms with E-state index >= 15 is 0 Å². The first-order valence-corrected chi connectivity index (χ1v) is 5.15. The first-order chi connectivity index (χ1) is 6.70. The van der Waals surface area contributed by atoms with Crippen LogP contribution in [0.25, 0.3) is 0 Å². The van der Waals surface area contributed by atoms with Crippen LogP contribution in [-0.4, -0.2) is 26.4 Å². The molecule has 0 aromatic heterocycles. The largest absolute Gasteiger partial charge is 0.318 e. The normalized spacial score (nSPS) is 13.9. The van der Waals surface area contributed by atoms with Gasteiger partial charge in [-0.15, -0.1) is 0 Å². The van der Waals surface area contributed by atoms with Gasteiger partial charge in [0.15, 0.2) is 0 Å². The van der Waals surface area contributed by atoms with Crippen molar-refractivity contribution in [2.24, 2.45) is 10.9 Å². The highest BCUT2D eigenvalue weighted by Gasteiger charge is 1.98. The van der Waals surface area contributed by atoms with Crippen LogP contribution in [0, 0.1) is 5.92 Å². The molecular weight excluding hydrogens is 172 g/mol. The Morgan fingerprint density at radius 1 is 1.57 bits per heavy atom. The minimum absolute atomic E-state index is 0.482. The van der Waals surface area contributed by atoms with Crippen LogP contribution >= 0.6 is 0 Å². The van der Waals surface area contributed by atoms with Crippen molar-refractivity contribution in [1.29, 1.82) is 0 Å². The molecule has 14 heavy (non-hydrogen) atoms. The molecule has 0 heterocycles. The first kappa shape index (κ1) is 13.1. The summed E-state index contributed by atoms with van der Waals surface area (Å²) in [6.07, 6.45) is 7.09. The van der Waals surface area contributed by atoms with Gasteiger partial charge in [-0.05, 0) is 26.3 Å². The van der Waals surface area contributed by atoms with Crippen molar-refractivity contribution in [2.75, 3.05) is 20.1 Å². The maximum Gasteiger partial charge on any atom is 0.0510 e. The molecule has 0 aromatic carbocycles. The van der Waals surface area contributed by atoms with Crippen molar-refractivity contribution in [3.05, 3.63) is 24.3 Å². The number of rotatable bonds is 7. The third-order valence-electron chi connectivity index (χ3n) is 1.84. The van der Waals surface area contributed by atoms with Crippen molar-refractivity contribution < 1.29 is 0 Å². The van der Waals surface area contributed by atoms with E-state index in [-0.39, 0.29) is 0 Å². The molecule has 1 unspecified atom stereocenters. The van der Waals surface area contributed by atoms with Gasteiger partial charge in [0, 0.05) is 12.8 Å². The third-order valence-corrected chi connectivity index (χ3v) is 1.84. The average molecular weight is 194 g/mol. The second-order valence-corrected chi connectivity index (χ2v) is 3.50. The predicted octanol–water partition coefficient (Wildman–Crippen LogP) is 2.44. The van der Waals surface area contributed by atoms with E-state index in [0.29, 0.717) is 5.92 Å². The van der Waals surface area contributed by atoms with Crippen molar-refractivity contribution in [1.82, 2.24) is 5.32 Å². The highest BCUT2D eigenvalue weighted by molar-refractivity contribution is 5.60. The molecule has 0 bridgehead atoms. The molecule has 0 aliphatic carbocycles. The molecule has 1 N–H and O–H groups in total. The second kappa shape index (κ2) is 8.70. The SMILES string of the molecule is C=C(/C=C\C)CC(C)/C=N/CCNC. The third kappa shape index (κ3) is 7.74. The van der Waals surface area contributed by atoms with Gasteiger partial charge in [-0.25, -0.2) is 0 Å². The molecule has 0 saturated heterocycles. The minimum Gasteiger partial charge on any atom is -0.318 e. The maximum atomic E-state index is 4.32. The van der Waals surface area contributed by atoms with Crippen LogP contribution in [0.3, 0.4) is 0 Å². The zero-order valence-corrected chi connectivity index (χ0v) is 9.59. The fraction of sp³-hybridized carbons (Fsp3) is 0.583. The van der Waals surface area contributed by atoms with Gasteiger partial charge >= 0.3 is 0 Å². The molecule has 0 amide bonds. The molecule has 0 aliphatic heterocycles. The molecule has 0 rings (SSSR count). The molecule has 0 saturated carbocycles. The topological polar surface area (TPSA) is 24.4 Å². The number of likely N-dealkylation sites (N-methyl/N-ethyl adjacent to an activating group) is 1. The van der Waals surface area contributed by atoms with E-state index in [0.717, 1.165) is 19.5 Å². The lowest BCUT2D eigenvalue weighted by Gasteiger charge is -2.04. The Kier molecular flexibility index (Phi) is 8.14. The van der Waals surface area contributed by atoms with Crippen molar-refractivity contribution in [3.8, 4) is 0 Å². The molecule has 1 atom stereocenters. The molecule has 0 aromatic rings. The second-order valence-electron chi connectivity index (χ2n) is 3.50. The quantitative estimate of drug-likeness (QED) is 0.376. The summed E-state index contributed by atoms with van der Waals surface area (Å²) in [6, 6.07) is 0. The Hall–Kier alpha value is -0.890. The van der Waals surface area contributed by atoms with Crippen molar-refractivity contribution in [2.45, 2.75) is 20.3 Å². The Morgan fingerprint density at radius 2 is 2.29 bits per heavy atom. The summed E-state index contributed by atoms with van der Waals surface area (Å²) in [4.78, 5) is 4.32. The van der Waals surface area contributed by atoms with Gasteiger partial charge < -0.3 is 5.32 Å². The van der Waals surface area contributed by atoms with E-state index in [2.05, 4.69) is 29.9 Å². The molecule has 0 aliphatic rings. The molecule has 2 nitrogen and oxygen atoms in total. The zero-order valence-electron chi connectivity index (χ0n) is 9.59. The standard InChI is InChI=1S/C12H22N2/c1-5-6-11(2)9-12(3)10-14-8-7-13-4/h5-6,10,12-13H,2,7-9H2,1,3-4H3/b6-5-,14-10+. The summed E-state index contributed by atoms with van der Waals surface area (Å²) >= 11 is 0. The van der Waals surface area contributed by atoms with E-state index in [9.17, 15) is 0 Å². The van der Waals surface area contributed by atoms with Gasteiger partial charge in [0.2, 0.25) is 0 Å². The molecular formula is C12H22N2. The number of hydrogen-bond donors (Lipinski definition) is 1. The van der Waals surface area contributed by atoms with E-state index in [1.54, 1.807) is 0 Å². The fourth-order valence-corrected chi connectivity index (χ4v) is 1.20. The number of allylic oxidation sites excluding steroid dienone is 3. The van der Waals surface area contributed by atoms with Gasteiger partial charge in [-0.3, -0.25) is 4.99 Å². The van der Waals surface area contributed by atoms with E-state index in [4.69, 9.17) is 0 Å². The predicted molar refractivity (Wildman–Crippen MR) is 65.0 cm³/mol. The van der Waals surface area contributed by atoms with Gasteiger partial charge in [0.25, 0.3) is 0 Å². The Bertz CT molecular complexity index is 204. The summed E-state index contributed by atoms with van der Waals surface area (Å²) < 4.78 is 0. The van der Waals surface area contributed by atoms with Crippen LogP contribution in [-0.2, 0) is 0 Å². The average Bonchev–Trinajstić information content (AvgIpc) is 2.13. The smallest absolute Gasteiger partial charge is 0.0510 e. The lowest BCUT2D eigenvalue weighted by Crippen LogP contribution is -2.11. The summed E-state index contributed by atoms with van der Waals surface area (Å²) in [5.74, 6) is 0.482. The zero-order chi connectivity index (χ0) is 10.8. The molecule has 80 valence electrons. The fourth-order valence-electron chi connectivity index (χ4n) is 1.20. The molecule has 2 heteroatoms. The van der Waals surface area contributed by atoms with Crippen LogP contribution in [0.2, 0.25) is 0 Å². The van der Waals surface area contributed by atoms with E-state index in [1.165, 1.54) is 5.57 Å². The lowest BCUT2D eigenvalue weighted by atomic mass is 10.0. The van der Waals surface area contributed by atoms with Crippen LogP contribution in [0.1, 0.15) is 20.3 Å². The van der Waals surface area contributed by atoms with Gasteiger partial charge in [-0.2, -0.15) is 0 Å². The van der Waals surface area contributed by atoms with Crippen molar-refractivity contribution >= 4 is 6.21 Å². The summed E-state index contributed by atoms with van der Waals surface area (Å²) in [5, 5.41) is 3.06. The monoisotopic (exact) mass is 194 g/mol. The molecule has 0 fully saturated rings. The number of hydrogen-bond acceptors (Lipinski definition) is 2. The van der Waals surface area contributed by atoms with Gasteiger partial charge in [0.05, 0.1) is 6.54 Å². The molecule has 0 radical (unpaired) electrons. The van der Waals surface area contributed by atoms with Gasteiger partial charge in [0.1, 0.15) is 0 Å². The maximum absolute atomic E-state index is 4.32. The Labute approximate surface area is 87.8 Å². The van der Waals surface area contributed by atoms with E-state index < -0.39 is 0 Å². The highest BCUT2D eigenvalue weighted by Crippen LogP contribution is 2.08. The van der Waals surface area contributed by atoms with Crippen LogP contribution in [0.5, 0.6) is 0 Å². The number of nitrogens with one attached hydrogen (secondary N) is 1. The van der Waals surface area contributed by atoms with Crippen LogP contribution < -0.4 is 5.32 Å². The molecule has 0 spiro atoms.